The van der Waals surface area contributed by atoms with Crippen molar-refractivity contribution in [3.8, 4) is 5.88 Å². The fourth-order valence-corrected chi connectivity index (χ4v) is 3.53. The number of alkyl halides is 3. The molecule has 0 spiro atoms. The second kappa shape index (κ2) is 8.04. The number of pyridine rings is 1. The number of hydrogen-bond donors (Lipinski definition) is 0. The lowest BCUT2D eigenvalue weighted by molar-refractivity contribution is -0.154. The molecule has 0 bridgehead atoms. The molecule has 0 radical (unpaired) electrons. The van der Waals surface area contributed by atoms with Crippen LogP contribution in [0.1, 0.15) is 16.7 Å². The number of fused-ring (bicyclic) bond motifs is 1. The van der Waals surface area contributed by atoms with Crippen LogP contribution >= 0.6 is 10.7 Å². The first-order valence-corrected chi connectivity index (χ1v) is 9.84. The number of hydrogen-bond acceptors (Lipinski definition) is 4. The van der Waals surface area contributed by atoms with Gasteiger partial charge in [0.25, 0.3) is 0 Å². The van der Waals surface area contributed by atoms with Crippen molar-refractivity contribution in [3.05, 3.63) is 53.2 Å². The number of nitrogens with zero attached hydrogens (tertiary/aromatic N) is 2. The average Bonchev–Trinajstić information content (AvgIpc) is 2.60. The number of benzene rings is 1. The van der Waals surface area contributed by atoms with Gasteiger partial charge in [0.1, 0.15) is 10.4 Å². The zero-order valence-electron chi connectivity index (χ0n) is 13.6. The third kappa shape index (κ3) is 5.26. The van der Waals surface area contributed by atoms with E-state index in [-0.39, 0.29) is 5.88 Å². The van der Waals surface area contributed by atoms with Gasteiger partial charge in [-0.05, 0) is 35.2 Å². The summed E-state index contributed by atoms with van der Waals surface area (Å²) in [4.78, 5) is 6.70. The highest BCUT2D eigenvalue weighted by atomic mass is 35.7. The first kappa shape index (κ1) is 19.3. The molecule has 1 aliphatic heterocycles. The summed E-state index contributed by atoms with van der Waals surface area (Å²) in [7, 11) is 4.11. The van der Waals surface area contributed by atoms with Crippen molar-refractivity contribution in [1.29, 1.82) is 0 Å². The monoisotopic (exact) mass is 404 g/mol. The molecule has 9 heteroatoms. The maximum atomic E-state index is 12.1. The van der Waals surface area contributed by atoms with E-state index < -0.39 is 23.2 Å². The Labute approximate surface area is 156 Å². The molecule has 0 aliphatic carbocycles. The Morgan fingerprint density at radius 1 is 1.23 bits per heavy atom. The molecule has 1 aromatic heterocycles. The quantitative estimate of drug-likeness (QED) is 0.710. The molecule has 0 saturated heterocycles. The molecule has 1 atom stereocenters. The molecule has 0 amide bonds. The van der Waals surface area contributed by atoms with Crippen LogP contribution in [0.5, 0.6) is 5.88 Å². The lowest BCUT2D eigenvalue weighted by atomic mass is 9.99. The molecule has 1 aliphatic rings. The van der Waals surface area contributed by atoms with E-state index in [1.807, 2.05) is 12.1 Å². The third-order valence-electron chi connectivity index (χ3n) is 4.04. The van der Waals surface area contributed by atoms with Gasteiger partial charge in [-0.25, -0.2) is 4.98 Å². The van der Waals surface area contributed by atoms with Crippen molar-refractivity contribution < 1.29 is 22.5 Å². The summed E-state index contributed by atoms with van der Waals surface area (Å²) >= 11 is 0. The molecular formula is C17H16ClF3N2O2S. The van der Waals surface area contributed by atoms with Gasteiger partial charge in [-0.2, -0.15) is 13.2 Å². The zero-order valence-corrected chi connectivity index (χ0v) is 15.2. The van der Waals surface area contributed by atoms with Crippen molar-refractivity contribution in [3.63, 3.8) is 0 Å². The molecule has 2 aromatic rings. The van der Waals surface area contributed by atoms with Gasteiger partial charge in [0.05, 0.1) is 0 Å². The standard InChI is InChI=1S/C17H16ClF3N2O2S/c18-26(24)15-3-2-13-5-6-23(10-14(13)7-15)9-12-1-4-16(22-8-12)25-11-17(19,20)21/h1-4,7-8H,5-6,9-11H2. The van der Waals surface area contributed by atoms with E-state index >= 15 is 0 Å². The minimum Gasteiger partial charge on any atom is -0.594 e. The molecule has 0 fully saturated rings. The second-order valence-corrected chi connectivity index (χ2v) is 7.78. The van der Waals surface area contributed by atoms with Gasteiger partial charge in [0.2, 0.25) is 5.88 Å². The van der Waals surface area contributed by atoms with Crippen molar-refractivity contribution in [2.45, 2.75) is 30.6 Å². The largest absolute Gasteiger partial charge is 0.594 e. The first-order valence-electron chi connectivity index (χ1n) is 7.87. The second-order valence-electron chi connectivity index (χ2n) is 6.02. The SMILES string of the molecule is [O-][S+](Cl)c1ccc2c(c1)CN(Cc1ccc(OCC(F)(F)F)nc1)CC2. The number of rotatable bonds is 5. The van der Waals surface area contributed by atoms with Crippen molar-refractivity contribution >= 4 is 21.1 Å². The Morgan fingerprint density at radius 3 is 2.69 bits per heavy atom. The van der Waals surface area contributed by atoms with E-state index in [2.05, 4.69) is 14.6 Å². The van der Waals surface area contributed by atoms with E-state index in [1.165, 1.54) is 17.8 Å². The van der Waals surface area contributed by atoms with Crippen molar-refractivity contribution in [2.75, 3.05) is 13.2 Å². The molecule has 3 rings (SSSR count). The number of aromatic nitrogens is 1. The molecule has 1 aromatic carbocycles. The van der Waals surface area contributed by atoms with Crippen molar-refractivity contribution in [2.24, 2.45) is 0 Å². The highest BCUT2D eigenvalue weighted by Gasteiger charge is 2.28. The Kier molecular flexibility index (Phi) is 5.96. The molecule has 1 unspecified atom stereocenters. The Morgan fingerprint density at radius 2 is 2.04 bits per heavy atom. The van der Waals surface area contributed by atoms with Gasteiger partial charge in [-0.15, -0.1) is 0 Å². The number of halogens is 4. The molecule has 0 saturated carbocycles. The summed E-state index contributed by atoms with van der Waals surface area (Å²) in [6.45, 7) is 0.791. The molecule has 4 nitrogen and oxygen atoms in total. The lowest BCUT2D eigenvalue weighted by Crippen LogP contribution is -2.30. The van der Waals surface area contributed by atoms with E-state index in [0.29, 0.717) is 18.0 Å². The Hall–Kier alpha value is -1.48. The van der Waals surface area contributed by atoms with Crippen molar-refractivity contribution in [1.82, 2.24) is 9.88 Å². The molecule has 2 heterocycles. The van der Waals surface area contributed by atoms with Crippen LogP contribution in [0, 0.1) is 0 Å². The van der Waals surface area contributed by atoms with Crippen LogP contribution < -0.4 is 4.74 Å². The molecule has 26 heavy (non-hydrogen) atoms. The summed E-state index contributed by atoms with van der Waals surface area (Å²) in [6.07, 6.45) is -2.00. The fraction of sp³-hybridized carbons (Fsp3) is 0.353. The minimum atomic E-state index is -4.38. The van der Waals surface area contributed by atoms with Gasteiger partial charge >= 0.3 is 6.18 Å². The molecule has 0 N–H and O–H groups in total. The third-order valence-corrected chi connectivity index (χ3v) is 5.20. The summed E-state index contributed by atoms with van der Waals surface area (Å²) in [5, 5.41) is 0. The fourth-order valence-electron chi connectivity index (χ4n) is 2.83. The maximum Gasteiger partial charge on any atom is 0.422 e. The summed E-state index contributed by atoms with van der Waals surface area (Å²) in [5.41, 5.74) is 3.17. The highest BCUT2D eigenvalue weighted by molar-refractivity contribution is 8.13. The van der Waals surface area contributed by atoms with Gasteiger partial charge in [0, 0.05) is 31.9 Å². The Balaban J connectivity index is 1.60. The Bertz CT molecular complexity index is 757. The summed E-state index contributed by atoms with van der Waals surface area (Å²) in [6, 6.07) is 8.74. The van der Waals surface area contributed by atoms with Gasteiger partial charge < -0.3 is 9.29 Å². The average molecular weight is 405 g/mol. The van der Waals surface area contributed by atoms with Crippen LogP contribution in [0.2, 0.25) is 0 Å². The highest BCUT2D eigenvalue weighted by Crippen LogP contribution is 2.25. The van der Waals surface area contributed by atoms with Crippen LogP contribution in [-0.4, -0.2) is 33.8 Å². The predicted octanol–water partition coefficient (Wildman–Crippen LogP) is 3.84. The van der Waals surface area contributed by atoms with Crippen LogP contribution in [0.4, 0.5) is 13.2 Å². The first-order chi connectivity index (χ1) is 12.3. The topological polar surface area (TPSA) is 48.4 Å². The van der Waals surface area contributed by atoms with Crippen LogP contribution in [0.15, 0.2) is 41.4 Å². The van der Waals surface area contributed by atoms with E-state index in [9.17, 15) is 17.7 Å². The maximum absolute atomic E-state index is 12.1. The van der Waals surface area contributed by atoms with Crippen LogP contribution in [0.3, 0.4) is 0 Å². The smallest absolute Gasteiger partial charge is 0.422 e. The van der Waals surface area contributed by atoms with Gasteiger partial charge in [0.15, 0.2) is 22.2 Å². The van der Waals surface area contributed by atoms with E-state index in [4.69, 9.17) is 10.7 Å². The normalized spacial score (nSPS) is 16.2. The zero-order chi connectivity index (χ0) is 18.7. The number of ether oxygens (including phenoxy) is 1. The van der Waals surface area contributed by atoms with E-state index in [1.54, 1.807) is 12.1 Å². The van der Waals surface area contributed by atoms with Crippen LogP contribution in [-0.2, 0) is 29.9 Å². The minimum absolute atomic E-state index is 0.0516. The molecular weight excluding hydrogens is 389 g/mol. The van der Waals surface area contributed by atoms with Gasteiger partial charge in [-0.1, -0.05) is 12.1 Å². The molecule has 140 valence electrons. The summed E-state index contributed by atoms with van der Waals surface area (Å²) < 4.78 is 52.5. The van der Waals surface area contributed by atoms with E-state index in [0.717, 1.165) is 24.1 Å². The van der Waals surface area contributed by atoms with Gasteiger partial charge in [-0.3, -0.25) is 4.90 Å². The summed E-state index contributed by atoms with van der Waals surface area (Å²) in [5.74, 6) is -0.0516. The van der Waals surface area contributed by atoms with Crippen LogP contribution in [0.25, 0.3) is 0 Å². The predicted molar refractivity (Wildman–Crippen MR) is 92.3 cm³/mol. The lowest BCUT2D eigenvalue weighted by Gasteiger charge is -2.28.